The molecule has 36 heavy (non-hydrogen) atoms. The summed E-state index contributed by atoms with van der Waals surface area (Å²) in [6.07, 6.45) is 2.25. The molecule has 2 fully saturated rings. The number of nitrogens with one attached hydrogen (secondary N) is 1. The molecule has 1 aromatic heterocycles. The van der Waals surface area contributed by atoms with Gasteiger partial charge in [0.1, 0.15) is 5.60 Å². The van der Waals surface area contributed by atoms with Crippen LogP contribution in [0.1, 0.15) is 60.8 Å². The zero-order chi connectivity index (χ0) is 26.1. The normalized spacial score (nSPS) is 20.0. The fraction of sp³-hybridized carbons (Fsp3) is 0.571. The lowest BCUT2D eigenvalue weighted by Crippen LogP contribution is -2.45. The summed E-state index contributed by atoms with van der Waals surface area (Å²) in [7, 11) is 4.29. The standard InChI is InChI=1S/C28H39N3O4S/c1-19-17-23(20-7-9-21(10-8-20)28(30(5)6)12-15-34-16-13-28)36-24(19)25(32)31-14-11-22(18-31)29-26(33)35-27(2,3)4/h7-10,17,22H,11-16,18H2,1-6H3,(H,29,33)/t22-/m0/s1. The number of ether oxygens (including phenoxy) is 2. The molecule has 0 unspecified atom stereocenters. The minimum Gasteiger partial charge on any atom is -0.444 e. The molecule has 8 heteroatoms. The Morgan fingerprint density at radius 1 is 1.17 bits per heavy atom. The highest BCUT2D eigenvalue weighted by Gasteiger charge is 2.36. The van der Waals surface area contributed by atoms with Gasteiger partial charge in [-0.15, -0.1) is 11.3 Å². The minimum atomic E-state index is -0.543. The monoisotopic (exact) mass is 513 g/mol. The van der Waals surface area contributed by atoms with E-state index in [0.29, 0.717) is 13.1 Å². The van der Waals surface area contributed by atoms with E-state index >= 15 is 0 Å². The Kier molecular flexibility index (Phi) is 7.78. The number of nitrogens with zero attached hydrogens (tertiary/aromatic N) is 2. The number of carbonyl (C=O) groups excluding carboxylic acids is 2. The molecule has 4 rings (SSSR count). The first-order chi connectivity index (χ1) is 17.0. The first-order valence-corrected chi connectivity index (χ1v) is 13.6. The van der Waals surface area contributed by atoms with E-state index in [9.17, 15) is 9.59 Å². The number of rotatable bonds is 5. The molecule has 0 aliphatic carbocycles. The average molecular weight is 514 g/mol. The number of hydrogen-bond acceptors (Lipinski definition) is 6. The molecule has 0 spiro atoms. The van der Waals surface area contributed by atoms with Crippen molar-refractivity contribution in [2.24, 2.45) is 0 Å². The van der Waals surface area contributed by atoms with Gasteiger partial charge >= 0.3 is 6.09 Å². The van der Waals surface area contributed by atoms with Crippen molar-refractivity contribution in [2.75, 3.05) is 40.4 Å². The highest BCUT2D eigenvalue weighted by molar-refractivity contribution is 7.17. The van der Waals surface area contributed by atoms with E-state index in [4.69, 9.17) is 9.47 Å². The lowest BCUT2D eigenvalue weighted by atomic mass is 9.81. The second kappa shape index (κ2) is 10.5. The van der Waals surface area contributed by atoms with Crippen LogP contribution in [-0.2, 0) is 15.0 Å². The maximum Gasteiger partial charge on any atom is 0.407 e. The molecule has 2 amide bonds. The van der Waals surface area contributed by atoms with Crippen LogP contribution in [-0.4, -0.2) is 73.8 Å². The summed E-state index contributed by atoms with van der Waals surface area (Å²) in [5.41, 5.74) is 2.88. The third kappa shape index (κ3) is 5.76. The van der Waals surface area contributed by atoms with Gasteiger partial charge in [-0.25, -0.2) is 4.79 Å². The SMILES string of the molecule is Cc1cc(-c2ccc(C3(N(C)C)CCOCC3)cc2)sc1C(=O)N1CC[C@H](NC(=O)OC(C)(C)C)C1. The van der Waals surface area contributed by atoms with Crippen molar-refractivity contribution < 1.29 is 19.1 Å². The van der Waals surface area contributed by atoms with E-state index in [1.54, 1.807) is 11.3 Å². The topological polar surface area (TPSA) is 71.1 Å². The quantitative estimate of drug-likeness (QED) is 0.607. The van der Waals surface area contributed by atoms with Gasteiger partial charge in [0.2, 0.25) is 0 Å². The molecular formula is C28H39N3O4S. The molecular weight excluding hydrogens is 474 g/mol. The van der Waals surface area contributed by atoms with Gasteiger partial charge in [-0.2, -0.15) is 0 Å². The van der Waals surface area contributed by atoms with Crippen molar-refractivity contribution in [3.63, 3.8) is 0 Å². The third-order valence-corrected chi connectivity index (χ3v) is 8.47. The minimum absolute atomic E-state index is 0.00288. The van der Waals surface area contributed by atoms with Crippen LogP contribution in [0, 0.1) is 6.92 Å². The maximum atomic E-state index is 13.3. The van der Waals surface area contributed by atoms with Crippen LogP contribution in [0.15, 0.2) is 30.3 Å². The second-order valence-electron chi connectivity index (χ2n) is 11.1. The van der Waals surface area contributed by atoms with Gasteiger partial charge < -0.3 is 19.7 Å². The summed E-state index contributed by atoms with van der Waals surface area (Å²) in [6.45, 7) is 10.2. The summed E-state index contributed by atoms with van der Waals surface area (Å²) in [4.78, 5) is 31.4. The van der Waals surface area contributed by atoms with Crippen molar-refractivity contribution in [1.82, 2.24) is 15.1 Å². The highest BCUT2D eigenvalue weighted by Crippen LogP contribution is 2.39. The van der Waals surface area contributed by atoms with Crippen LogP contribution in [0.3, 0.4) is 0 Å². The zero-order valence-electron chi connectivity index (χ0n) is 22.3. The van der Waals surface area contributed by atoms with E-state index in [-0.39, 0.29) is 17.5 Å². The Hall–Kier alpha value is -2.42. The number of alkyl carbamates (subject to hydrolysis) is 1. The summed E-state index contributed by atoms with van der Waals surface area (Å²) < 4.78 is 11.0. The number of benzene rings is 1. The molecule has 1 N–H and O–H groups in total. The molecule has 3 heterocycles. The van der Waals surface area contributed by atoms with Crippen molar-refractivity contribution in [3.05, 3.63) is 46.3 Å². The summed E-state index contributed by atoms with van der Waals surface area (Å²) in [6, 6.07) is 10.8. The van der Waals surface area contributed by atoms with Crippen LogP contribution in [0.25, 0.3) is 10.4 Å². The Labute approximate surface area is 218 Å². The molecule has 196 valence electrons. The van der Waals surface area contributed by atoms with Crippen molar-refractivity contribution in [2.45, 2.75) is 64.1 Å². The van der Waals surface area contributed by atoms with Gasteiger partial charge in [-0.3, -0.25) is 9.69 Å². The van der Waals surface area contributed by atoms with Crippen molar-refractivity contribution in [1.29, 1.82) is 0 Å². The number of thiophene rings is 1. The average Bonchev–Trinajstić information content (AvgIpc) is 3.44. The largest absolute Gasteiger partial charge is 0.444 e. The molecule has 0 bridgehead atoms. The van der Waals surface area contributed by atoms with Gasteiger partial charge in [-0.05, 0) is 83.8 Å². The number of carbonyl (C=O) groups is 2. The molecule has 2 aromatic rings. The number of hydrogen-bond donors (Lipinski definition) is 1. The summed E-state index contributed by atoms with van der Waals surface area (Å²) in [5, 5.41) is 2.90. The van der Waals surface area contributed by atoms with Crippen molar-refractivity contribution >= 4 is 23.3 Å². The predicted molar refractivity (Wildman–Crippen MR) is 144 cm³/mol. The van der Waals surface area contributed by atoms with E-state index < -0.39 is 11.7 Å². The van der Waals surface area contributed by atoms with Crippen LogP contribution >= 0.6 is 11.3 Å². The number of amides is 2. The summed E-state index contributed by atoms with van der Waals surface area (Å²) in [5.74, 6) is 0.0302. The van der Waals surface area contributed by atoms with Crippen LogP contribution in [0.5, 0.6) is 0 Å². The lowest BCUT2D eigenvalue weighted by molar-refractivity contribution is -0.0105. The Morgan fingerprint density at radius 3 is 2.44 bits per heavy atom. The molecule has 1 atom stereocenters. The molecule has 2 aliphatic rings. The maximum absolute atomic E-state index is 13.3. The Bertz CT molecular complexity index is 1080. The van der Waals surface area contributed by atoms with E-state index in [1.165, 1.54) is 5.56 Å². The van der Waals surface area contributed by atoms with Crippen LogP contribution < -0.4 is 5.32 Å². The third-order valence-electron chi connectivity index (χ3n) is 7.19. The fourth-order valence-corrected chi connectivity index (χ4v) is 6.31. The van der Waals surface area contributed by atoms with Crippen LogP contribution in [0.2, 0.25) is 0 Å². The van der Waals surface area contributed by atoms with E-state index in [2.05, 4.69) is 54.6 Å². The Balaban J connectivity index is 1.44. The predicted octanol–water partition coefficient (Wildman–Crippen LogP) is 5.03. The van der Waals surface area contributed by atoms with E-state index in [0.717, 1.165) is 53.4 Å². The highest BCUT2D eigenvalue weighted by atomic mass is 32.1. The smallest absolute Gasteiger partial charge is 0.407 e. The summed E-state index contributed by atoms with van der Waals surface area (Å²) >= 11 is 1.54. The fourth-order valence-electron chi connectivity index (χ4n) is 5.16. The van der Waals surface area contributed by atoms with E-state index in [1.807, 2.05) is 32.6 Å². The first-order valence-electron chi connectivity index (χ1n) is 12.7. The number of aryl methyl sites for hydroxylation is 1. The van der Waals surface area contributed by atoms with Crippen LogP contribution in [0.4, 0.5) is 4.79 Å². The van der Waals surface area contributed by atoms with Gasteiger partial charge in [0.15, 0.2) is 0 Å². The van der Waals surface area contributed by atoms with Gasteiger partial charge in [0.05, 0.1) is 10.9 Å². The zero-order valence-corrected chi connectivity index (χ0v) is 23.2. The Morgan fingerprint density at radius 2 is 1.83 bits per heavy atom. The molecule has 2 saturated heterocycles. The lowest BCUT2D eigenvalue weighted by Gasteiger charge is -2.43. The second-order valence-corrected chi connectivity index (χ2v) is 12.2. The first kappa shape index (κ1) is 26.6. The molecule has 0 saturated carbocycles. The van der Waals surface area contributed by atoms with Crippen molar-refractivity contribution in [3.8, 4) is 10.4 Å². The van der Waals surface area contributed by atoms with Gasteiger partial charge in [0.25, 0.3) is 5.91 Å². The molecule has 7 nitrogen and oxygen atoms in total. The van der Waals surface area contributed by atoms with Gasteiger partial charge in [-0.1, -0.05) is 24.3 Å². The molecule has 0 radical (unpaired) electrons. The molecule has 1 aromatic carbocycles. The molecule has 2 aliphatic heterocycles. The number of likely N-dealkylation sites (tertiary alicyclic amines) is 1. The van der Waals surface area contributed by atoms with Gasteiger partial charge in [0, 0.05) is 36.7 Å².